The van der Waals surface area contributed by atoms with Gasteiger partial charge >= 0.3 is 0 Å². The van der Waals surface area contributed by atoms with Gasteiger partial charge in [0.1, 0.15) is 0 Å². The maximum atomic E-state index is 6.29. The summed E-state index contributed by atoms with van der Waals surface area (Å²) in [5.41, 5.74) is 5.40. The second-order valence-corrected chi connectivity index (χ2v) is 6.28. The lowest BCUT2D eigenvalue weighted by molar-refractivity contribution is 0.671. The van der Waals surface area contributed by atoms with Gasteiger partial charge in [-0.05, 0) is 62.6 Å². The Morgan fingerprint density at radius 3 is 2.86 bits per heavy atom. The number of halogens is 1. The van der Waals surface area contributed by atoms with Crippen molar-refractivity contribution < 1.29 is 0 Å². The molecule has 0 spiro atoms. The van der Waals surface area contributed by atoms with E-state index in [0.29, 0.717) is 0 Å². The van der Waals surface area contributed by atoms with Crippen molar-refractivity contribution in [2.45, 2.75) is 25.7 Å². The fourth-order valence-corrected chi connectivity index (χ4v) is 3.34. The predicted octanol–water partition coefficient (Wildman–Crippen LogP) is 4.39. The molecular formula is C19H23ClN2. The van der Waals surface area contributed by atoms with E-state index in [1.165, 1.54) is 35.4 Å². The van der Waals surface area contributed by atoms with Gasteiger partial charge in [0.15, 0.2) is 0 Å². The number of anilines is 1. The minimum absolute atomic E-state index is 0.853. The van der Waals surface area contributed by atoms with Crippen LogP contribution in [0.4, 0.5) is 5.69 Å². The topological polar surface area (TPSA) is 15.3 Å². The van der Waals surface area contributed by atoms with Crippen LogP contribution in [0.5, 0.6) is 0 Å². The maximum absolute atomic E-state index is 6.29. The first-order valence-corrected chi connectivity index (χ1v) is 8.44. The minimum Gasteiger partial charge on any atom is -0.341 e. The number of hydrogen-bond donors (Lipinski definition) is 1. The zero-order valence-electron chi connectivity index (χ0n) is 13.1. The molecule has 0 amide bonds. The van der Waals surface area contributed by atoms with Gasteiger partial charge in [0.05, 0.1) is 0 Å². The monoisotopic (exact) mass is 314 g/mol. The van der Waals surface area contributed by atoms with E-state index in [-0.39, 0.29) is 0 Å². The molecular weight excluding hydrogens is 292 g/mol. The average molecular weight is 315 g/mol. The molecule has 1 heterocycles. The van der Waals surface area contributed by atoms with Gasteiger partial charge in [-0.15, -0.1) is 0 Å². The van der Waals surface area contributed by atoms with E-state index < -0.39 is 0 Å². The molecule has 1 aromatic carbocycles. The first-order chi connectivity index (χ1) is 10.8. The molecule has 116 valence electrons. The Morgan fingerprint density at radius 2 is 2.00 bits per heavy atom. The fraction of sp³-hybridized carbons (Fsp3) is 0.368. The highest BCUT2D eigenvalue weighted by molar-refractivity contribution is 6.31. The molecule has 22 heavy (non-hydrogen) atoms. The minimum atomic E-state index is 0.853. The molecule has 0 fully saturated rings. The lowest BCUT2D eigenvalue weighted by Crippen LogP contribution is -2.26. The molecule has 1 aliphatic carbocycles. The summed E-state index contributed by atoms with van der Waals surface area (Å²) < 4.78 is 0. The Bertz CT molecular complexity index is 628. The third-order valence-electron chi connectivity index (χ3n) is 4.32. The molecule has 2 nitrogen and oxygen atoms in total. The van der Waals surface area contributed by atoms with E-state index in [1.807, 2.05) is 7.05 Å². The van der Waals surface area contributed by atoms with Crippen LogP contribution in [-0.4, -0.2) is 20.1 Å². The van der Waals surface area contributed by atoms with E-state index in [9.17, 15) is 0 Å². The summed E-state index contributed by atoms with van der Waals surface area (Å²) in [5.74, 6) is 0. The number of allylic oxidation sites excluding steroid dienone is 5. The molecule has 0 unspecified atom stereocenters. The summed E-state index contributed by atoms with van der Waals surface area (Å²) in [4.78, 5) is 2.46. The van der Waals surface area contributed by atoms with Crippen molar-refractivity contribution in [1.82, 2.24) is 5.32 Å². The third-order valence-corrected chi connectivity index (χ3v) is 4.58. The summed E-state index contributed by atoms with van der Waals surface area (Å²) in [6.07, 6.45) is 10.9. The average Bonchev–Trinajstić information content (AvgIpc) is 2.69. The maximum Gasteiger partial charge on any atom is 0.0458 e. The normalized spacial score (nSPS) is 17.0. The lowest BCUT2D eigenvalue weighted by atomic mass is 10.0. The standard InChI is InChI=1S/C19H23ClN2/c1-21-12-4-5-13-22-18-7-3-2-6-15(18)8-9-16-10-11-17(20)14-19(16)22/h2-3,6-7,9,11,14,21H,4-5,8,10,12-13H2,1H3. The van der Waals surface area contributed by atoms with E-state index in [2.05, 4.69) is 52.7 Å². The Hall–Kier alpha value is -1.51. The van der Waals surface area contributed by atoms with Crippen LogP contribution in [-0.2, 0) is 6.42 Å². The lowest BCUT2D eigenvalue weighted by Gasteiger charge is -2.30. The number of fused-ring (bicyclic) bond motifs is 2. The van der Waals surface area contributed by atoms with Crippen molar-refractivity contribution in [3.8, 4) is 0 Å². The Labute approximate surface area is 138 Å². The molecule has 2 aliphatic rings. The van der Waals surface area contributed by atoms with Gasteiger partial charge in [-0.25, -0.2) is 0 Å². The number of hydrogen-bond acceptors (Lipinski definition) is 2. The number of nitrogens with zero attached hydrogens (tertiary/aromatic N) is 1. The van der Waals surface area contributed by atoms with Crippen LogP contribution in [0, 0.1) is 0 Å². The van der Waals surface area contributed by atoms with E-state index in [0.717, 1.165) is 31.0 Å². The smallest absolute Gasteiger partial charge is 0.0458 e. The molecule has 3 rings (SSSR count). The van der Waals surface area contributed by atoms with Crippen LogP contribution in [0.1, 0.15) is 24.8 Å². The van der Waals surface area contributed by atoms with Crippen molar-refractivity contribution in [3.05, 3.63) is 64.4 Å². The van der Waals surface area contributed by atoms with Gasteiger partial charge in [0.25, 0.3) is 0 Å². The molecule has 1 N–H and O–H groups in total. The molecule has 0 saturated heterocycles. The zero-order chi connectivity index (χ0) is 15.4. The summed E-state index contributed by atoms with van der Waals surface area (Å²) >= 11 is 6.29. The van der Waals surface area contributed by atoms with Crippen molar-refractivity contribution in [1.29, 1.82) is 0 Å². The zero-order valence-corrected chi connectivity index (χ0v) is 13.9. The van der Waals surface area contributed by atoms with E-state index in [4.69, 9.17) is 11.6 Å². The van der Waals surface area contributed by atoms with Crippen LogP contribution in [0.3, 0.4) is 0 Å². The first-order valence-electron chi connectivity index (χ1n) is 8.06. The summed E-state index contributed by atoms with van der Waals surface area (Å²) in [7, 11) is 2.01. The number of rotatable bonds is 5. The largest absolute Gasteiger partial charge is 0.341 e. The van der Waals surface area contributed by atoms with Gasteiger partial charge in [-0.2, -0.15) is 0 Å². The molecule has 0 bridgehead atoms. The van der Waals surface area contributed by atoms with E-state index in [1.54, 1.807) is 0 Å². The first kappa shape index (κ1) is 15.4. The quantitative estimate of drug-likeness (QED) is 0.811. The van der Waals surface area contributed by atoms with Crippen LogP contribution < -0.4 is 10.2 Å². The SMILES string of the molecule is CNCCCCN1C2=CC(Cl)=CCC2=CCc2ccccc21. The van der Waals surface area contributed by atoms with Crippen molar-refractivity contribution in [2.24, 2.45) is 0 Å². The molecule has 0 aromatic heterocycles. The van der Waals surface area contributed by atoms with Crippen LogP contribution >= 0.6 is 11.6 Å². The Kier molecular flexibility index (Phi) is 5.01. The van der Waals surface area contributed by atoms with Gasteiger partial charge in [0, 0.05) is 23.0 Å². The van der Waals surface area contributed by atoms with Gasteiger partial charge in [-0.3, -0.25) is 0 Å². The number of para-hydroxylation sites is 1. The summed E-state index contributed by atoms with van der Waals surface area (Å²) in [6, 6.07) is 8.73. The molecule has 1 aromatic rings. The molecule has 1 aliphatic heterocycles. The Morgan fingerprint density at radius 1 is 1.14 bits per heavy atom. The number of nitrogens with one attached hydrogen (secondary N) is 1. The molecule has 0 saturated carbocycles. The fourth-order valence-electron chi connectivity index (χ4n) is 3.16. The van der Waals surface area contributed by atoms with E-state index >= 15 is 0 Å². The predicted molar refractivity (Wildman–Crippen MR) is 95.4 cm³/mol. The second-order valence-electron chi connectivity index (χ2n) is 5.85. The molecule has 0 atom stereocenters. The number of benzene rings is 1. The highest BCUT2D eigenvalue weighted by Crippen LogP contribution is 2.36. The second kappa shape index (κ2) is 7.17. The highest BCUT2D eigenvalue weighted by atomic mass is 35.5. The van der Waals surface area contributed by atoms with Crippen molar-refractivity contribution in [3.63, 3.8) is 0 Å². The van der Waals surface area contributed by atoms with Gasteiger partial charge in [0.2, 0.25) is 0 Å². The highest BCUT2D eigenvalue weighted by Gasteiger charge is 2.22. The Balaban J connectivity index is 1.92. The van der Waals surface area contributed by atoms with Gasteiger partial charge in [-0.1, -0.05) is 42.0 Å². The summed E-state index contributed by atoms with van der Waals surface area (Å²) in [5, 5.41) is 4.08. The van der Waals surface area contributed by atoms with Crippen molar-refractivity contribution >= 4 is 17.3 Å². The van der Waals surface area contributed by atoms with Crippen LogP contribution in [0.15, 0.2) is 58.8 Å². The van der Waals surface area contributed by atoms with Gasteiger partial charge < -0.3 is 10.2 Å². The molecule has 0 radical (unpaired) electrons. The van der Waals surface area contributed by atoms with Crippen molar-refractivity contribution in [2.75, 3.05) is 25.0 Å². The number of unbranched alkanes of at least 4 members (excludes halogenated alkanes) is 1. The summed E-state index contributed by atoms with van der Waals surface area (Å²) in [6.45, 7) is 2.10. The van der Waals surface area contributed by atoms with Crippen LogP contribution in [0.25, 0.3) is 0 Å². The van der Waals surface area contributed by atoms with Crippen LogP contribution in [0.2, 0.25) is 0 Å². The third kappa shape index (κ3) is 3.29. The molecule has 3 heteroatoms.